The molecule has 1 unspecified atom stereocenters. The standard InChI is InChI=1S/C40H58O4/c1-25(2)14-13-17-30(37(42)43-24-29-15-11-10-12-16-29)35-32-22-33(41)36-38(7)20-18-27(5)28(6)31(38)19-21-39(36,8)40(32,9)23-34(35)44-26(3)4/h10-12,14-16,27-28,31-34,36,41H,3,13,17-24H2,1-2,4-9H3/b35-30-/t27-,28+,31+,32+,33-,34?,36+,38+,39+,40+/m1/s1. The summed E-state index contributed by atoms with van der Waals surface area (Å²) >= 11 is 0. The van der Waals surface area contributed by atoms with E-state index in [2.05, 4.69) is 61.1 Å². The summed E-state index contributed by atoms with van der Waals surface area (Å²) in [7, 11) is 0. The van der Waals surface area contributed by atoms with Crippen molar-refractivity contribution in [1.29, 1.82) is 0 Å². The van der Waals surface area contributed by atoms with Crippen LogP contribution in [-0.4, -0.2) is 23.3 Å². The van der Waals surface area contributed by atoms with Crippen LogP contribution in [0.15, 0.2) is 65.5 Å². The molecule has 0 spiro atoms. The van der Waals surface area contributed by atoms with Gasteiger partial charge < -0.3 is 14.6 Å². The number of benzene rings is 1. The Bertz CT molecular complexity index is 1290. The lowest BCUT2D eigenvalue weighted by molar-refractivity contribution is -0.229. The smallest absolute Gasteiger partial charge is 0.334 e. The summed E-state index contributed by atoms with van der Waals surface area (Å²) < 4.78 is 12.6. The summed E-state index contributed by atoms with van der Waals surface area (Å²) in [5, 5.41) is 12.3. The van der Waals surface area contributed by atoms with E-state index in [1.807, 2.05) is 37.3 Å². The Hall–Kier alpha value is -2.33. The fourth-order valence-corrected chi connectivity index (χ4v) is 10.8. The molecule has 5 rings (SSSR count). The molecule has 10 atom stereocenters. The van der Waals surface area contributed by atoms with Gasteiger partial charge in [0.2, 0.25) is 0 Å². The van der Waals surface area contributed by atoms with E-state index in [4.69, 9.17) is 9.47 Å². The molecular weight excluding hydrogens is 544 g/mol. The van der Waals surface area contributed by atoms with Crippen LogP contribution in [-0.2, 0) is 20.9 Å². The largest absolute Gasteiger partial charge is 0.491 e. The van der Waals surface area contributed by atoms with Crippen molar-refractivity contribution in [3.63, 3.8) is 0 Å². The molecule has 0 bridgehead atoms. The number of carbonyl (C=O) groups is 1. The molecule has 1 N–H and O–H groups in total. The maximum absolute atomic E-state index is 14.1. The van der Waals surface area contributed by atoms with Crippen LogP contribution in [0.25, 0.3) is 0 Å². The highest BCUT2D eigenvalue weighted by Crippen LogP contribution is 2.74. The maximum atomic E-state index is 14.1. The number of allylic oxidation sites excluding steroid dienone is 3. The zero-order valence-corrected chi connectivity index (χ0v) is 28.7. The second-order valence-corrected chi connectivity index (χ2v) is 16.0. The third kappa shape index (κ3) is 5.63. The Balaban J connectivity index is 1.58. The van der Waals surface area contributed by atoms with Gasteiger partial charge in [-0.1, -0.05) is 83.2 Å². The Labute approximate surface area is 267 Å². The highest BCUT2D eigenvalue weighted by Gasteiger charge is 2.70. The van der Waals surface area contributed by atoms with E-state index in [0.29, 0.717) is 30.4 Å². The topological polar surface area (TPSA) is 55.8 Å². The van der Waals surface area contributed by atoms with Crippen LogP contribution in [0.5, 0.6) is 0 Å². The maximum Gasteiger partial charge on any atom is 0.334 e. The van der Waals surface area contributed by atoms with E-state index in [-0.39, 0.29) is 46.8 Å². The molecule has 242 valence electrons. The summed E-state index contributed by atoms with van der Waals surface area (Å²) in [6.07, 6.45) is 9.17. The van der Waals surface area contributed by atoms with Crippen molar-refractivity contribution in [3.8, 4) is 0 Å². The number of ether oxygens (including phenoxy) is 2. The molecule has 0 saturated heterocycles. The van der Waals surface area contributed by atoms with Crippen molar-refractivity contribution in [2.45, 2.75) is 126 Å². The van der Waals surface area contributed by atoms with Crippen molar-refractivity contribution in [1.82, 2.24) is 0 Å². The van der Waals surface area contributed by atoms with Gasteiger partial charge in [0.05, 0.1) is 11.9 Å². The summed E-state index contributed by atoms with van der Waals surface area (Å²) in [5.74, 6) is 2.76. The fraction of sp³-hybridized carbons (Fsp3) is 0.675. The van der Waals surface area contributed by atoms with Gasteiger partial charge in [-0.3, -0.25) is 0 Å². The molecule has 4 aliphatic rings. The summed E-state index contributed by atoms with van der Waals surface area (Å²) in [6, 6.07) is 9.90. The third-order valence-corrected chi connectivity index (χ3v) is 13.3. The first-order chi connectivity index (χ1) is 20.7. The molecule has 0 aromatic heterocycles. The SMILES string of the molecule is C=C(C)OC1C[C@@]2(C)[C@@H](C[C@@H](O)[C@H]3[C@@]4(C)CC[C@@H](C)[C@H](C)[C@@H]4CC[C@@]32C)/C1=C(\CCC=C(C)C)C(=O)OCc1ccccc1. The molecular formula is C40H58O4. The number of hydrogen-bond acceptors (Lipinski definition) is 4. The number of fused-ring (bicyclic) bond motifs is 5. The first kappa shape index (κ1) is 33.0. The lowest BCUT2D eigenvalue weighted by Gasteiger charge is -2.69. The molecule has 0 radical (unpaired) electrons. The first-order valence-corrected chi connectivity index (χ1v) is 17.3. The molecule has 1 aromatic carbocycles. The van der Waals surface area contributed by atoms with Crippen LogP contribution in [0, 0.1) is 45.8 Å². The van der Waals surface area contributed by atoms with Crippen molar-refractivity contribution in [2.24, 2.45) is 45.8 Å². The molecule has 44 heavy (non-hydrogen) atoms. The zero-order valence-electron chi connectivity index (χ0n) is 28.7. The van der Waals surface area contributed by atoms with Crippen LogP contribution in [0.3, 0.4) is 0 Å². The van der Waals surface area contributed by atoms with Crippen LogP contribution in [0.4, 0.5) is 0 Å². The van der Waals surface area contributed by atoms with Gasteiger partial charge in [-0.15, -0.1) is 0 Å². The van der Waals surface area contributed by atoms with Gasteiger partial charge >= 0.3 is 5.97 Å². The van der Waals surface area contributed by atoms with Gasteiger partial charge in [0.15, 0.2) is 0 Å². The number of rotatable bonds is 8. The van der Waals surface area contributed by atoms with Gasteiger partial charge in [-0.25, -0.2) is 4.79 Å². The summed E-state index contributed by atoms with van der Waals surface area (Å²) in [5.41, 5.74) is 3.95. The predicted molar refractivity (Wildman–Crippen MR) is 178 cm³/mol. The molecule has 0 amide bonds. The van der Waals surface area contributed by atoms with Crippen LogP contribution < -0.4 is 0 Å². The number of esters is 1. The molecule has 0 heterocycles. The van der Waals surface area contributed by atoms with Gasteiger partial charge in [-0.05, 0) is 129 Å². The molecule has 1 aromatic rings. The Kier molecular flexibility index (Phi) is 9.36. The minimum absolute atomic E-state index is 0.0502. The molecule has 4 nitrogen and oxygen atoms in total. The average Bonchev–Trinajstić information content (AvgIpc) is 3.23. The van der Waals surface area contributed by atoms with Crippen LogP contribution >= 0.6 is 0 Å². The van der Waals surface area contributed by atoms with E-state index >= 15 is 0 Å². The fourth-order valence-electron chi connectivity index (χ4n) is 10.8. The monoisotopic (exact) mass is 602 g/mol. The second-order valence-electron chi connectivity index (χ2n) is 16.0. The zero-order chi connectivity index (χ0) is 32.0. The molecule has 4 fully saturated rings. The van der Waals surface area contributed by atoms with Gasteiger partial charge in [0, 0.05) is 5.57 Å². The number of hydrogen-bond donors (Lipinski definition) is 1. The van der Waals surface area contributed by atoms with E-state index in [0.717, 1.165) is 41.9 Å². The van der Waals surface area contributed by atoms with Crippen LogP contribution in [0.2, 0.25) is 0 Å². The van der Waals surface area contributed by atoms with E-state index in [1.165, 1.54) is 24.8 Å². The minimum Gasteiger partial charge on any atom is -0.491 e. The number of aliphatic hydroxyl groups is 1. The van der Waals surface area contributed by atoms with Crippen molar-refractivity contribution in [2.75, 3.05) is 0 Å². The van der Waals surface area contributed by atoms with E-state index < -0.39 is 6.10 Å². The van der Waals surface area contributed by atoms with Crippen molar-refractivity contribution < 1.29 is 19.4 Å². The molecule has 4 saturated carbocycles. The van der Waals surface area contributed by atoms with E-state index in [9.17, 15) is 9.90 Å². The Morgan fingerprint density at radius 1 is 1.05 bits per heavy atom. The molecule has 0 aliphatic heterocycles. The Morgan fingerprint density at radius 2 is 1.75 bits per heavy atom. The van der Waals surface area contributed by atoms with Crippen LogP contribution in [0.1, 0.15) is 112 Å². The first-order valence-electron chi connectivity index (χ1n) is 17.3. The van der Waals surface area contributed by atoms with Gasteiger partial charge in [-0.2, -0.15) is 0 Å². The van der Waals surface area contributed by atoms with Gasteiger partial charge in [0.25, 0.3) is 0 Å². The van der Waals surface area contributed by atoms with Crippen molar-refractivity contribution >= 4 is 5.97 Å². The normalized spacial score (nSPS) is 40.6. The summed E-state index contributed by atoms with van der Waals surface area (Å²) in [4.78, 5) is 14.1. The Morgan fingerprint density at radius 3 is 2.41 bits per heavy atom. The summed E-state index contributed by atoms with van der Waals surface area (Å²) in [6.45, 7) is 22.8. The highest BCUT2D eigenvalue weighted by molar-refractivity contribution is 5.90. The number of carbonyl (C=O) groups excluding carboxylic acids is 1. The lowest BCUT2D eigenvalue weighted by Crippen LogP contribution is -2.65. The lowest BCUT2D eigenvalue weighted by atomic mass is 9.36. The average molecular weight is 603 g/mol. The quantitative estimate of drug-likeness (QED) is 0.139. The second kappa shape index (κ2) is 12.5. The van der Waals surface area contributed by atoms with Gasteiger partial charge in [0.1, 0.15) is 12.7 Å². The third-order valence-electron chi connectivity index (χ3n) is 13.3. The molecule has 4 aliphatic carbocycles. The predicted octanol–water partition coefficient (Wildman–Crippen LogP) is 9.59. The van der Waals surface area contributed by atoms with Crippen molar-refractivity contribution in [3.05, 3.63) is 71.0 Å². The van der Waals surface area contributed by atoms with E-state index in [1.54, 1.807) is 0 Å². The minimum atomic E-state index is -0.413. The number of aliphatic hydroxyl groups excluding tert-OH is 1. The highest BCUT2D eigenvalue weighted by atomic mass is 16.5. The molecule has 4 heteroatoms.